The molecule has 0 rings (SSSR count). The van der Waals surface area contributed by atoms with Gasteiger partial charge in [-0.05, 0) is 60.2 Å². The van der Waals surface area contributed by atoms with Gasteiger partial charge in [-0.1, -0.05) is 0 Å². The Morgan fingerprint density at radius 3 is 2.39 bits per heavy atom. The highest BCUT2D eigenvalue weighted by Gasteiger charge is 2.15. The van der Waals surface area contributed by atoms with Gasteiger partial charge in [-0.25, -0.2) is 4.79 Å². The topological polar surface area (TPSA) is 61.8 Å². The van der Waals surface area contributed by atoms with E-state index in [-0.39, 0.29) is 12.7 Å². The van der Waals surface area contributed by atoms with Crippen LogP contribution >= 0.6 is 0 Å². The van der Waals surface area contributed by atoms with E-state index in [0.717, 1.165) is 32.4 Å². The maximum atomic E-state index is 11.3. The van der Waals surface area contributed by atoms with E-state index in [4.69, 9.17) is 9.84 Å². The standard InChI is InChI=1S/C13H28N2O3/c1-13(2,3)18-12(17)14-8-7-10-15(4)9-5-6-11-16/h16H,5-11H2,1-4H3,(H,14,17). The third-order valence-electron chi connectivity index (χ3n) is 2.33. The molecule has 0 saturated carbocycles. The molecule has 0 saturated heterocycles. The first kappa shape index (κ1) is 17.2. The van der Waals surface area contributed by atoms with Crippen LogP contribution in [-0.4, -0.2) is 55.0 Å². The van der Waals surface area contributed by atoms with Crippen molar-refractivity contribution in [2.75, 3.05) is 33.3 Å². The summed E-state index contributed by atoms with van der Waals surface area (Å²) in [4.78, 5) is 13.5. The van der Waals surface area contributed by atoms with Crippen LogP contribution in [0.1, 0.15) is 40.0 Å². The van der Waals surface area contributed by atoms with E-state index in [2.05, 4.69) is 10.2 Å². The summed E-state index contributed by atoms with van der Waals surface area (Å²) in [6.45, 7) is 8.34. The molecule has 18 heavy (non-hydrogen) atoms. The number of nitrogens with one attached hydrogen (secondary N) is 1. The Hall–Kier alpha value is -0.810. The Balaban J connectivity index is 3.47. The summed E-state index contributed by atoms with van der Waals surface area (Å²) in [6.07, 6.45) is 2.40. The van der Waals surface area contributed by atoms with Gasteiger partial charge in [0.2, 0.25) is 0 Å². The van der Waals surface area contributed by atoms with Gasteiger partial charge in [-0.15, -0.1) is 0 Å². The van der Waals surface area contributed by atoms with E-state index in [1.807, 2.05) is 27.8 Å². The van der Waals surface area contributed by atoms with E-state index in [1.165, 1.54) is 0 Å². The van der Waals surface area contributed by atoms with Crippen LogP contribution in [0.5, 0.6) is 0 Å². The molecule has 0 atom stereocenters. The number of rotatable bonds is 8. The molecule has 0 aliphatic rings. The normalized spacial score (nSPS) is 11.7. The predicted molar refractivity (Wildman–Crippen MR) is 72.7 cm³/mol. The number of nitrogens with zero attached hydrogens (tertiary/aromatic N) is 1. The molecule has 0 fully saturated rings. The largest absolute Gasteiger partial charge is 0.444 e. The second-order valence-electron chi connectivity index (χ2n) is 5.52. The van der Waals surface area contributed by atoms with Gasteiger partial charge >= 0.3 is 6.09 Å². The van der Waals surface area contributed by atoms with Crippen molar-refractivity contribution in [3.63, 3.8) is 0 Å². The molecule has 0 spiro atoms. The van der Waals surface area contributed by atoms with Crippen molar-refractivity contribution in [3.05, 3.63) is 0 Å². The zero-order valence-corrected chi connectivity index (χ0v) is 12.2. The lowest BCUT2D eigenvalue weighted by atomic mass is 10.2. The number of carbonyl (C=O) groups excluding carboxylic acids is 1. The number of carbonyl (C=O) groups is 1. The van der Waals surface area contributed by atoms with Crippen molar-refractivity contribution in [1.29, 1.82) is 0 Å². The number of hydrogen-bond donors (Lipinski definition) is 2. The Kier molecular flexibility index (Phi) is 8.75. The number of unbranched alkanes of at least 4 members (excludes halogenated alkanes) is 1. The molecular formula is C13H28N2O3. The third kappa shape index (κ3) is 11.7. The van der Waals surface area contributed by atoms with Crippen LogP contribution in [-0.2, 0) is 4.74 Å². The lowest BCUT2D eigenvalue weighted by molar-refractivity contribution is 0.0526. The zero-order chi connectivity index (χ0) is 14.0. The van der Waals surface area contributed by atoms with Crippen LogP contribution in [0.4, 0.5) is 4.79 Å². The number of aliphatic hydroxyl groups is 1. The highest BCUT2D eigenvalue weighted by Crippen LogP contribution is 2.06. The summed E-state index contributed by atoms with van der Waals surface area (Å²) in [5.41, 5.74) is -0.439. The molecule has 0 aromatic rings. The first-order chi connectivity index (χ1) is 8.35. The summed E-state index contributed by atoms with van der Waals surface area (Å²) in [7, 11) is 2.05. The highest BCUT2D eigenvalue weighted by atomic mass is 16.6. The van der Waals surface area contributed by atoms with E-state index in [1.54, 1.807) is 0 Å². The highest BCUT2D eigenvalue weighted by molar-refractivity contribution is 5.67. The number of aliphatic hydroxyl groups excluding tert-OH is 1. The van der Waals surface area contributed by atoms with Gasteiger partial charge < -0.3 is 20.1 Å². The molecule has 0 radical (unpaired) electrons. The number of amides is 1. The van der Waals surface area contributed by atoms with Gasteiger partial charge in [0.25, 0.3) is 0 Å². The lowest BCUT2D eigenvalue weighted by Crippen LogP contribution is -2.34. The Labute approximate surface area is 110 Å². The number of hydrogen-bond acceptors (Lipinski definition) is 4. The average molecular weight is 260 g/mol. The van der Waals surface area contributed by atoms with E-state index < -0.39 is 5.60 Å². The van der Waals surface area contributed by atoms with Gasteiger partial charge in [-0.2, -0.15) is 0 Å². The van der Waals surface area contributed by atoms with Crippen molar-refractivity contribution in [2.24, 2.45) is 0 Å². The third-order valence-corrected chi connectivity index (χ3v) is 2.33. The molecule has 0 aliphatic carbocycles. The monoisotopic (exact) mass is 260 g/mol. The first-order valence-corrected chi connectivity index (χ1v) is 6.61. The van der Waals surface area contributed by atoms with Crippen molar-refractivity contribution in [1.82, 2.24) is 10.2 Å². The van der Waals surface area contributed by atoms with Gasteiger partial charge in [0.15, 0.2) is 0 Å². The quantitative estimate of drug-likeness (QED) is 0.651. The second kappa shape index (κ2) is 9.16. The summed E-state index contributed by atoms with van der Waals surface area (Å²) in [5.74, 6) is 0. The van der Waals surface area contributed by atoms with Crippen LogP contribution in [0, 0.1) is 0 Å². The summed E-state index contributed by atoms with van der Waals surface area (Å²) in [6, 6.07) is 0. The molecule has 0 unspecified atom stereocenters. The lowest BCUT2D eigenvalue weighted by Gasteiger charge is -2.20. The van der Waals surface area contributed by atoms with Gasteiger partial charge in [0.05, 0.1) is 0 Å². The van der Waals surface area contributed by atoms with Crippen molar-refractivity contribution < 1.29 is 14.6 Å². The Morgan fingerprint density at radius 2 is 1.83 bits per heavy atom. The number of alkyl carbamates (subject to hydrolysis) is 1. The minimum atomic E-state index is -0.439. The fourth-order valence-corrected chi connectivity index (χ4v) is 1.46. The fourth-order valence-electron chi connectivity index (χ4n) is 1.46. The zero-order valence-electron chi connectivity index (χ0n) is 12.2. The van der Waals surface area contributed by atoms with Crippen LogP contribution in [0.15, 0.2) is 0 Å². The average Bonchev–Trinajstić information content (AvgIpc) is 2.22. The van der Waals surface area contributed by atoms with Crippen LogP contribution in [0.3, 0.4) is 0 Å². The molecule has 0 heterocycles. The molecule has 108 valence electrons. The van der Waals surface area contributed by atoms with Gasteiger partial charge in [0.1, 0.15) is 5.60 Å². The molecular weight excluding hydrogens is 232 g/mol. The smallest absolute Gasteiger partial charge is 0.407 e. The SMILES string of the molecule is CN(CCCCO)CCCNC(=O)OC(C)(C)C. The van der Waals surface area contributed by atoms with E-state index in [0.29, 0.717) is 6.54 Å². The maximum absolute atomic E-state index is 11.3. The van der Waals surface area contributed by atoms with E-state index in [9.17, 15) is 4.79 Å². The molecule has 1 amide bonds. The predicted octanol–water partition coefficient (Wildman–Crippen LogP) is 1.61. The van der Waals surface area contributed by atoms with Crippen molar-refractivity contribution in [2.45, 2.75) is 45.6 Å². The van der Waals surface area contributed by atoms with Gasteiger partial charge in [0, 0.05) is 13.2 Å². The van der Waals surface area contributed by atoms with Crippen LogP contribution in [0.2, 0.25) is 0 Å². The van der Waals surface area contributed by atoms with Crippen LogP contribution < -0.4 is 5.32 Å². The molecule has 2 N–H and O–H groups in total. The summed E-state index contributed by atoms with van der Waals surface area (Å²) >= 11 is 0. The van der Waals surface area contributed by atoms with E-state index >= 15 is 0 Å². The minimum absolute atomic E-state index is 0.258. The minimum Gasteiger partial charge on any atom is -0.444 e. The second-order valence-corrected chi connectivity index (χ2v) is 5.52. The summed E-state index contributed by atoms with van der Waals surface area (Å²) < 4.78 is 5.13. The Morgan fingerprint density at radius 1 is 1.22 bits per heavy atom. The molecule has 0 aromatic carbocycles. The molecule has 5 heteroatoms. The Bertz CT molecular complexity index is 227. The first-order valence-electron chi connectivity index (χ1n) is 6.61. The fraction of sp³-hybridized carbons (Fsp3) is 0.923. The molecule has 0 aromatic heterocycles. The van der Waals surface area contributed by atoms with Crippen LogP contribution in [0.25, 0.3) is 0 Å². The number of ether oxygens (including phenoxy) is 1. The molecule has 0 bridgehead atoms. The maximum Gasteiger partial charge on any atom is 0.407 e. The summed E-state index contributed by atoms with van der Waals surface area (Å²) in [5, 5.41) is 11.4. The van der Waals surface area contributed by atoms with Crippen molar-refractivity contribution >= 4 is 6.09 Å². The molecule has 0 aliphatic heterocycles. The van der Waals surface area contributed by atoms with Gasteiger partial charge in [-0.3, -0.25) is 0 Å². The van der Waals surface area contributed by atoms with Crippen molar-refractivity contribution in [3.8, 4) is 0 Å². The molecule has 5 nitrogen and oxygen atoms in total.